The van der Waals surface area contributed by atoms with Crippen LogP contribution in [0.3, 0.4) is 0 Å². The van der Waals surface area contributed by atoms with Gasteiger partial charge in [-0.3, -0.25) is 0 Å². The number of fused-ring (bicyclic) bond motifs is 1. The second-order valence-electron chi connectivity index (χ2n) is 4.54. The Morgan fingerprint density at radius 1 is 1.50 bits per heavy atom. The molecule has 0 fully saturated rings. The summed E-state index contributed by atoms with van der Waals surface area (Å²) in [7, 11) is 0. The quantitative estimate of drug-likeness (QED) is 0.764. The Bertz CT molecular complexity index is 373. The minimum Gasteiger partial charge on any atom is -0.364 e. The first-order valence-corrected chi connectivity index (χ1v) is 5.93. The van der Waals surface area contributed by atoms with E-state index in [0.717, 1.165) is 13.1 Å². The van der Waals surface area contributed by atoms with Crippen molar-refractivity contribution >= 4 is 5.69 Å². The smallest absolute Gasteiger partial charge is 0.0442 e. The van der Waals surface area contributed by atoms with Crippen LogP contribution in [0.15, 0.2) is 36.9 Å². The lowest BCUT2D eigenvalue weighted by Gasteiger charge is -2.30. The highest BCUT2D eigenvalue weighted by Crippen LogP contribution is 2.25. The first kappa shape index (κ1) is 11.2. The summed E-state index contributed by atoms with van der Waals surface area (Å²) in [5.41, 5.74) is 2.72. The highest BCUT2D eigenvalue weighted by molar-refractivity contribution is 5.55. The molecule has 16 heavy (non-hydrogen) atoms. The molecule has 1 aliphatic rings. The molecule has 0 saturated heterocycles. The van der Waals surface area contributed by atoms with Gasteiger partial charge in [-0.15, -0.1) is 6.58 Å². The summed E-state index contributed by atoms with van der Waals surface area (Å²) in [5, 5.41) is 3.53. The van der Waals surface area contributed by atoms with E-state index in [4.69, 9.17) is 0 Å². The van der Waals surface area contributed by atoms with Crippen LogP contribution in [0.5, 0.6) is 0 Å². The van der Waals surface area contributed by atoms with Gasteiger partial charge < -0.3 is 10.2 Å². The van der Waals surface area contributed by atoms with Crippen LogP contribution in [0, 0.1) is 0 Å². The molecule has 2 atom stereocenters. The second-order valence-corrected chi connectivity index (χ2v) is 4.54. The predicted octanol–water partition coefficient (Wildman–Crippen LogP) is 2.56. The number of anilines is 1. The van der Waals surface area contributed by atoms with Crippen LogP contribution >= 0.6 is 0 Å². The van der Waals surface area contributed by atoms with Gasteiger partial charge in [0.2, 0.25) is 0 Å². The van der Waals surface area contributed by atoms with Gasteiger partial charge >= 0.3 is 0 Å². The zero-order valence-electron chi connectivity index (χ0n) is 10.1. The van der Waals surface area contributed by atoms with E-state index in [1.165, 1.54) is 11.3 Å². The Balaban J connectivity index is 2.38. The molecule has 2 heteroatoms. The lowest BCUT2D eigenvalue weighted by Crippen LogP contribution is -2.40. The fraction of sp³-hybridized carbons (Fsp3) is 0.429. The minimum atomic E-state index is 0.378. The van der Waals surface area contributed by atoms with E-state index in [0.29, 0.717) is 12.1 Å². The van der Waals surface area contributed by atoms with Gasteiger partial charge in [-0.1, -0.05) is 24.3 Å². The molecule has 0 radical (unpaired) electrons. The van der Waals surface area contributed by atoms with Gasteiger partial charge in [-0.25, -0.2) is 0 Å². The first-order chi connectivity index (χ1) is 7.72. The molecular formula is C14H20N2. The van der Waals surface area contributed by atoms with E-state index in [1.807, 2.05) is 6.08 Å². The van der Waals surface area contributed by atoms with Crippen molar-refractivity contribution < 1.29 is 0 Å². The van der Waals surface area contributed by atoms with Crippen LogP contribution in [0.1, 0.15) is 19.4 Å². The van der Waals surface area contributed by atoms with Crippen LogP contribution in [-0.4, -0.2) is 18.6 Å². The standard InChI is InChI=1S/C14H20N2/c1-4-12(3)16-10-11(2)15-9-13-7-5-6-8-14(13)16/h4-8,11-12,15H,1,9-10H2,2-3H3. The Kier molecular flexibility index (Phi) is 3.30. The van der Waals surface area contributed by atoms with Crippen molar-refractivity contribution in [2.75, 3.05) is 11.4 Å². The first-order valence-electron chi connectivity index (χ1n) is 5.93. The van der Waals surface area contributed by atoms with Crippen molar-refractivity contribution in [1.29, 1.82) is 0 Å². The van der Waals surface area contributed by atoms with Crippen LogP contribution in [0.2, 0.25) is 0 Å². The van der Waals surface area contributed by atoms with Gasteiger partial charge in [0.15, 0.2) is 0 Å². The van der Waals surface area contributed by atoms with Crippen molar-refractivity contribution in [3.8, 4) is 0 Å². The van der Waals surface area contributed by atoms with E-state index < -0.39 is 0 Å². The molecule has 0 aliphatic carbocycles. The number of para-hydroxylation sites is 1. The van der Waals surface area contributed by atoms with Gasteiger partial charge in [0.05, 0.1) is 0 Å². The van der Waals surface area contributed by atoms with Crippen molar-refractivity contribution in [3.63, 3.8) is 0 Å². The van der Waals surface area contributed by atoms with Crippen LogP contribution < -0.4 is 10.2 Å². The summed E-state index contributed by atoms with van der Waals surface area (Å²) in [5.74, 6) is 0. The molecule has 0 spiro atoms. The lowest BCUT2D eigenvalue weighted by molar-refractivity contribution is 0.545. The van der Waals surface area contributed by atoms with Crippen molar-refractivity contribution in [2.45, 2.75) is 32.5 Å². The molecule has 1 heterocycles. The molecule has 0 bridgehead atoms. The van der Waals surface area contributed by atoms with E-state index in [-0.39, 0.29) is 0 Å². The second kappa shape index (κ2) is 4.71. The third-order valence-electron chi connectivity index (χ3n) is 3.25. The Morgan fingerprint density at radius 3 is 3.00 bits per heavy atom. The molecule has 2 rings (SSSR count). The fourth-order valence-electron chi connectivity index (χ4n) is 2.20. The molecule has 2 nitrogen and oxygen atoms in total. The monoisotopic (exact) mass is 216 g/mol. The largest absolute Gasteiger partial charge is 0.364 e. The highest BCUT2D eigenvalue weighted by Gasteiger charge is 2.20. The maximum atomic E-state index is 3.90. The normalized spacial score (nSPS) is 22.1. The molecule has 86 valence electrons. The van der Waals surface area contributed by atoms with Crippen LogP contribution in [0.25, 0.3) is 0 Å². The SMILES string of the molecule is C=CC(C)N1CC(C)NCc2ccccc21. The molecule has 1 aliphatic heterocycles. The van der Waals surface area contributed by atoms with Crippen molar-refractivity contribution in [2.24, 2.45) is 0 Å². The molecule has 1 N–H and O–H groups in total. The zero-order chi connectivity index (χ0) is 11.5. The average molecular weight is 216 g/mol. The van der Waals surface area contributed by atoms with Gasteiger partial charge in [0.25, 0.3) is 0 Å². The topological polar surface area (TPSA) is 15.3 Å². The minimum absolute atomic E-state index is 0.378. The number of nitrogens with zero attached hydrogens (tertiary/aromatic N) is 1. The van der Waals surface area contributed by atoms with Crippen LogP contribution in [-0.2, 0) is 6.54 Å². The number of benzene rings is 1. The maximum absolute atomic E-state index is 3.90. The van der Waals surface area contributed by atoms with Gasteiger partial charge in [0, 0.05) is 30.9 Å². The molecule has 1 aromatic carbocycles. The molecule has 1 aromatic rings. The highest BCUT2D eigenvalue weighted by atomic mass is 15.2. The van der Waals surface area contributed by atoms with E-state index in [1.54, 1.807) is 0 Å². The summed E-state index contributed by atoms with van der Waals surface area (Å²) >= 11 is 0. The third kappa shape index (κ3) is 2.12. The molecular weight excluding hydrogens is 196 g/mol. The predicted molar refractivity (Wildman–Crippen MR) is 69.7 cm³/mol. The number of hydrogen-bond acceptors (Lipinski definition) is 2. The maximum Gasteiger partial charge on any atom is 0.0442 e. The molecule has 2 unspecified atom stereocenters. The van der Waals surface area contributed by atoms with E-state index >= 15 is 0 Å². The summed E-state index contributed by atoms with van der Waals surface area (Å²) in [6.45, 7) is 10.3. The number of rotatable bonds is 2. The van der Waals surface area contributed by atoms with Gasteiger partial charge in [-0.2, -0.15) is 0 Å². The Morgan fingerprint density at radius 2 is 2.25 bits per heavy atom. The Hall–Kier alpha value is -1.28. The number of nitrogens with one attached hydrogen (secondary N) is 1. The van der Waals surface area contributed by atoms with Crippen molar-refractivity contribution in [1.82, 2.24) is 5.32 Å². The summed E-state index contributed by atoms with van der Waals surface area (Å²) in [4.78, 5) is 2.42. The summed E-state index contributed by atoms with van der Waals surface area (Å²) in [6.07, 6.45) is 2.01. The Labute approximate surface area is 98.0 Å². The fourth-order valence-corrected chi connectivity index (χ4v) is 2.20. The lowest BCUT2D eigenvalue weighted by atomic mass is 10.1. The van der Waals surface area contributed by atoms with E-state index in [2.05, 4.69) is 54.9 Å². The van der Waals surface area contributed by atoms with Gasteiger partial charge in [0.1, 0.15) is 0 Å². The van der Waals surface area contributed by atoms with Gasteiger partial charge in [-0.05, 0) is 25.5 Å². The van der Waals surface area contributed by atoms with Crippen molar-refractivity contribution in [3.05, 3.63) is 42.5 Å². The average Bonchev–Trinajstić information content (AvgIpc) is 2.48. The van der Waals surface area contributed by atoms with E-state index in [9.17, 15) is 0 Å². The van der Waals surface area contributed by atoms with Crippen LogP contribution in [0.4, 0.5) is 5.69 Å². The third-order valence-corrected chi connectivity index (χ3v) is 3.25. The number of hydrogen-bond donors (Lipinski definition) is 1. The molecule has 0 saturated carbocycles. The summed E-state index contributed by atoms with van der Waals surface area (Å²) in [6, 6.07) is 9.50. The summed E-state index contributed by atoms with van der Waals surface area (Å²) < 4.78 is 0. The zero-order valence-corrected chi connectivity index (χ0v) is 10.1. The molecule has 0 amide bonds. The molecule has 0 aromatic heterocycles.